The van der Waals surface area contributed by atoms with Gasteiger partial charge in [-0.2, -0.15) is 0 Å². The number of morpholine rings is 1. The summed E-state index contributed by atoms with van der Waals surface area (Å²) in [5.74, 6) is 0. The van der Waals surface area contributed by atoms with Gasteiger partial charge in [0.1, 0.15) is 0 Å². The Morgan fingerprint density at radius 3 is 2.72 bits per heavy atom. The van der Waals surface area contributed by atoms with Gasteiger partial charge in [-0.15, -0.1) is 0 Å². The van der Waals surface area contributed by atoms with Crippen molar-refractivity contribution in [3.63, 3.8) is 0 Å². The molecule has 7 heteroatoms. The molecule has 0 aliphatic carbocycles. The minimum atomic E-state index is -0.0719. The number of hydrogen-bond donors (Lipinski definition) is 1. The average molecular weight is 343 g/mol. The number of benzene rings is 1. The molecule has 0 atom stereocenters. The Morgan fingerprint density at radius 1 is 1.28 bits per heavy atom. The summed E-state index contributed by atoms with van der Waals surface area (Å²) in [4.78, 5) is 20.2. The van der Waals surface area contributed by atoms with Crippen LogP contribution in [0.4, 0.5) is 10.5 Å². The number of carbonyl (C=O) groups excluding carboxylic acids is 1. The standard InChI is InChI=1S/C18H25N5O2/c1-21(18(24)20-7-9-22-8-6-19-15-22)14-16-2-4-17(5-3-16)23-10-12-25-13-11-23/h2-6,8,15H,7,9-14H2,1H3,(H,20,24). The van der Waals surface area contributed by atoms with Crippen LogP contribution in [0, 0.1) is 0 Å². The zero-order valence-corrected chi connectivity index (χ0v) is 14.6. The second kappa shape index (κ2) is 8.53. The lowest BCUT2D eigenvalue weighted by molar-refractivity contribution is 0.122. The molecule has 3 rings (SSSR count). The lowest BCUT2D eigenvalue weighted by Crippen LogP contribution is -2.38. The Hall–Kier alpha value is -2.54. The van der Waals surface area contributed by atoms with Gasteiger partial charge in [0, 0.05) is 57.9 Å². The summed E-state index contributed by atoms with van der Waals surface area (Å²) >= 11 is 0. The first kappa shape index (κ1) is 17.3. The van der Waals surface area contributed by atoms with Gasteiger partial charge in [-0.05, 0) is 17.7 Å². The van der Waals surface area contributed by atoms with Crippen LogP contribution in [-0.4, -0.2) is 60.4 Å². The number of nitrogens with zero attached hydrogens (tertiary/aromatic N) is 4. The zero-order chi connectivity index (χ0) is 17.5. The van der Waals surface area contributed by atoms with Gasteiger partial charge in [0.2, 0.25) is 0 Å². The molecule has 1 aromatic heterocycles. The van der Waals surface area contributed by atoms with Crippen LogP contribution in [0.3, 0.4) is 0 Å². The normalized spacial score (nSPS) is 14.4. The van der Waals surface area contributed by atoms with Crippen molar-refractivity contribution in [2.24, 2.45) is 0 Å². The maximum absolute atomic E-state index is 12.2. The summed E-state index contributed by atoms with van der Waals surface area (Å²) in [7, 11) is 1.81. The van der Waals surface area contributed by atoms with Crippen molar-refractivity contribution >= 4 is 11.7 Å². The monoisotopic (exact) mass is 343 g/mol. The van der Waals surface area contributed by atoms with Crippen molar-refractivity contribution in [2.45, 2.75) is 13.1 Å². The molecule has 0 saturated carbocycles. The van der Waals surface area contributed by atoms with Gasteiger partial charge in [-0.25, -0.2) is 9.78 Å². The molecule has 25 heavy (non-hydrogen) atoms. The van der Waals surface area contributed by atoms with Crippen LogP contribution < -0.4 is 10.2 Å². The van der Waals surface area contributed by atoms with Crippen LogP contribution >= 0.6 is 0 Å². The Labute approximate surface area is 148 Å². The number of carbonyl (C=O) groups is 1. The number of nitrogens with one attached hydrogen (secondary N) is 1. The molecule has 2 amide bonds. The maximum atomic E-state index is 12.2. The number of anilines is 1. The van der Waals surface area contributed by atoms with Crippen LogP contribution in [-0.2, 0) is 17.8 Å². The van der Waals surface area contributed by atoms with E-state index in [1.54, 1.807) is 17.4 Å². The van der Waals surface area contributed by atoms with Crippen molar-refractivity contribution in [2.75, 3.05) is 44.8 Å². The van der Waals surface area contributed by atoms with E-state index in [4.69, 9.17) is 4.74 Å². The third kappa shape index (κ3) is 4.96. The predicted octanol–water partition coefficient (Wildman–Crippen LogP) is 1.56. The van der Waals surface area contributed by atoms with Gasteiger partial charge in [0.25, 0.3) is 0 Å². The number of hydrogen-bond acceptors (Lipinski definition) is 4. The van der Waals surface area contributed by atoms with E-state index in [1.165, 1.54) is 5.69 Å². The van der Waals surface area contributed by atoms with Crippen molar-refractivity contribution in [3.8, 4) is 0 Å². The molecule has 7 nitrogen and oxygen atoms in total. The quantitative estimate of drug-likeness (QED) is 0.865. The molecule has 1 fully saturated rings. The van der Waals surface area contributed by atoms with Crippen LogP contribution in [0.15, 0.2) is 43.0 Å². The Morgan fingerprint density at radius 2 is 2.04 bits per heavy atom. The first-order valence-corrected chi connectivity index (χ1v) is 8.59. The van der Waals surface area contributed by atoms with Crippen molar-refractivity contribution in [1.82, 2.24) is 19.8 Å². The van der Waals surface area contributed by atoms with Crippen molar-refractivity contribution in [1.29, 1.82) is 0 Å². The highest BCUT2D eigenvalue weighted by Gasteiger charge is 2.12. The average Bonchev–Trinajstić information content (AvgIpc) is 3.16. The Bertz CT molecular complexity index is 651. The summed E-state index contributed by atoms with van der Waals surface area (Å²) in [5.41, 5.74) is 2.32. The summed E-state index contributed by atoms with van der Waals surface area (Å²) in [6.45, 7) is 5.30. The molecule has 1 N–H and O–H groups in total. The first-order valence-electron chi connectivity index (χ1n) is 8.59. The summed E-state index contributed by atoms with van der Waals surface area (Å²) in [6.07, 6.45) is 5.35. The SMILES string of the molecule is CN(Cc1ccc(N2CCOCC2)cc1)C(=O)NCCn1ccnc1. The van der Waals surface area contributed by atoms with Gasteiger partial charge < -0.3 is 24.4 Å². The van der Waals surface area contributed by atoms with Crippen molar-refractivity contribution in [3.05, 3.63) is 48.5 Å². The number of rotatable bonds is 6. The van der Waals surface area contributed by atoms with Crippen LogP contribution in [0.2, 0.25) is 0 Å². The van der Waals surface area contributed by atoms with E-state index in [0.29, 0.717) is 19.6 Å². The lowest BCUT2D eigenvalue weighted by Gasteiger charge is -2.29. The fourth-order valence-electron chi connectivity index (χ4n) is 2.83. The third-order valence-corrected chi connectivity index (χ3v) is 4.28. The van der Waals surface area contributed by atoms with Crippen molar-refractivity contribution < 1.29 is 9.53 Å². The van der Waals surface area contributed by atoms with E-state index in [0.717, 1.165) is 31.9 Å². The molecule has 1 aliphatic rings. The van der Waals surface area contributed by atoms with E-state index >= 15 is 0 Å². The van der Waals surface area contributed by atoms with Gasteiger partial charge in [0.05, 0.1) is 19.5 Å². The summed E-state index contributed by atoms with van der Waals surface area (Å²) in [5, 5.41) is 2.92. The fraction of sp³-hybridized carbons (Fsp3) is 0.444. The molecule has 2 heterocycles. The third-order valence-electron chi connectivity index (χ3n) is 4.28. The second-order valence-electron chi connectivity index (χ2n) is 6.15. The predicted molar refractivity (Wildman–Crippen MR) is 96.6 cm³/mol. The molecule has 0 radical (unpaired) electrons. The zero-order valence-electron chi connectivity index (χ0n) is 14.6. The first-order chi connectivity index (χ1) is 12.2. The van der Waals surface area contributed by atoms with E-state index in [9.17, 15) is 4.79 Å². The highest BCUT2D eigenvalue weighted by Crippen LogP contribution is 2.17. The molecule has 0 bridgehead atoms. The van der Waals surface area contributed by atoms with Crippen LogP contribution in [0.25, 0.3) is 0 Å². The second-order valence-corrected chi connectivity index (χ2v) is 6.15. The number of imidazole rings is 1. The molecule has 0 unspecified atom stereocenters. The Kier molecular flexibility index (Phi) is 5.90. The number of ether oxygens (including phenoxy) is 1. The largest absolute Gasteiger partial charge is 0.378 e. The smallest absolute Gasteiger partial charge is 0.317 e. The number of aromatic nitrogens is 2. The molecule has 0 spiro atoms. The van der Waals surface area contributed by atoms with E-state index in [1.807, 2.05) is 17.8 Å². The molecule has 1 aromatic carbocycles. The minimum Gasteiger partial charge on any atom is -0.378 e. The highest BCUT2D eigenvalue weighted by molar-refractivity contribution is 5.73. The molecular weight excluding hydrogens is 318 g/mol. The summed E-state index contributed by atoms with van der Waals surface area (Å²) < 4.78 is 7.32. The summed E-state index contributed by atoms with van der Waals surface area (Å²) in [6, 6.07) is 8.33. The number of urea groups is 1. The van der Waals surface area contributed by atoms with E-state index < -0.39 is 0 Å². The van der Waals surface area contributed by atoms with Gasteiger partial charge in [0.15, 0.2) is 0 Å². The highest BCUT2D eigenvalue weighted by atomic mass is 16.5. The van der Waals surface area contributed by atoms with Gasteiger partial charge >= 0.3 is 6.03 Å². The number of amides is 2. The molecule has 2 aromatic rings. The maximum Gasteiger partial charge on any atom is 0.317 e. The van der Waals surface area contributed by atoms with E-state index in [-0.39, 0.29) is 6.03 Å². The van der Waals surface area contributed by atoms with Crippen LogP contribution in [0.1, 0.15) is 5.56 Å². The van der Waals surface area contributed by atoms with Gasteiger partial charge in [-0.3, -0.25) is 0 Å². The van der Waals surface area contributed by atoms with Gasteiger partial charge in [-0.1, -0.05) is 12.1 Å². The fourth-order valence-corrected chi connectivity index (χ4v) is 2.83. The molecule has 1 saturated heterocycles. The topological polar surface area (TPSA) is 62.6 Å². The van der Waals surface area contributed by atoms with E-state index in [2.05, 4.69) is 39.5 Å². The lowest BCUT2D eigenvalue weighted by atomic mass is 10.2. The van der Waals surface area contributed by atoms with Crippen LogP contribution in [0.5, 0.6) is 0 Å². The Balaban J connectivity index is 1.44. The molecule has 134 valence electrons. The molecular formula is C18H25N5O2. The minimum absolute atomic E-state index is 0.0719. The molecule has 1 aliphatic heterocycles.